The number of pyridine rings is 1. The van der Waals surface area contributed by atoms with E-state index in [1.165, 1.54) is 18.2 Å². The van der Waals surface area contributed by atoms with Crippen LogP contribution < -0.4 is 5.32 Å². The maximum atomic E-state index is 14.6. The number of hydrogen-bond acceptors (Lipinski definition) is 3. The van der Waals surface area contributed by atoms with Gasteiger partial charge in [0.15, 0.2) is 0 Å². The monoisotopic (exact) mass is 463 g/mol. The summed E-state index contributed by atoms with van der Waals surface area (Å²) in [6.07, 6.45) is 5.05. The van der Waals surface area contributed by atoms with Gasteiger partial charge in [0.1, 0.15) is 17.5 Å². The summed E-state index contributed by atoms with van der Waals surface area (Å²) >= 11 is 0. The molecule has 0 radical (unpaired) electrons. The van der Waals surface area contributed by atoms with Crippen LogP contribution in [0.25, 0.3) is 16.6 Å². The van der Waals surface area contributed by atoms with Crippen LogP contribution in [0.5, 0.6) is 0 Å². The van der Waals surface area contributed by atoms with E-state index in [9.17, 15) is 13.6 Å². The summed E-state index contributed by atoms with van der Waals surface area (Å²) in [6.45, 7) is 6.97. The minimum absolute atomic E-state index is 0.0511. The molecule has 6 nitrogen and oxygen atoms in total. The molecule has 1 amide bonds. The van der Waals surface area contributed by atoms with Gasteiger partial charge in [-0.15, -0.1) is 0 Å². The number of hydrogen-bond donors (Lipinski definition) is 1. The first-order chi connectivity index (χ1) is 16.4. The van der Waals surface area contributed by atoms with E-state index in [4.69, 9.17) is 0 Å². The lowest BCUT2D eigenvalue weighted by atomic mass is 9.99. The van der Waals surface area contributed by atoms with E-state index in [1.54, 1.807) is 23.6 Å². The number of nitrogens with one attached hydrogen (secondary N) is 1. The molecule has 1 aliphatic heterocycles. The van der Waals surface area contributed by atoms with Crippen molar-refractivity contribution in [2.75, 3.05) is 0 Å². The first-order valence-corrected chi connectivity index (χ1v) is 11.6. The number of nitrogens with zero attached hydrogens (tertiary/aromatic N) is 4. The Kier molecular flexibility index (Phi) is 5.67. The number of benzene rings is 1. The average Bonchev–Trinajstić information content (AvgIpc) is 3.37. The van der Waals surface area contributed by atoms with Crippen molar-refractivity contribution < 1.29 is 13.6 Å². The van der Waals surface area contributed by atoms with Gasteiger partial charge < -0.3 is 9.88 Å². The van der Waals surface area contributed by atoms with E-state index in [0.717, 1.165) is 37.3 Å². The minimum atomic E-state index is -0.643. The minimum Gasteiger partial charge on any atom is -0.346 e. The fourth-order valence-corrected chi connectivity index (χ4v) is 4.92. The number of carbonyl (C=O) groups is 1. The van der Waals surface area contributed by atoms with Crippen LogP contribution in [0, 0.1) is 18.6 Å². The molecule has 0 unspecified atom stereocenters. The quantitative estimate of drug-likeness (QED) is 0.444. The number of aromatic nitrogens is 4. The summed E-state index contributed by atoms with van der Waals surface area (Å²) in [6, 6.07) is 7.25. The Morgan fingerprint density at radius 1 is 1.12 bits per heavy atom. The molecule has 0 spiro atoms. The van der Waals surface area contributed by atoms with E-state index in [2.05, 4.69) is 20.0 Å². The Morgan fingerprint density at radius 2 is 1.88 bits per heavy atom. The third kappa shape index (κ3) is 3.67. The summed E-state index contributed by atoms with van der Waals surface area (Å²) in [4.78, 5) is 17.7. The Morgan fingerprint density at radius 3 is 2.62 bits per heavy atom. The standard InChI is InChI=1S/C26H27F2N5O/c1-15(2)25-18(26(34)30-14-17-13-29-22-9-4-5-12-32(17)22)10-11-21-23(16(3)31-33(21)25)24-19(27)7-6-8-20(24)28/h6-8,10-11,13,15H,4-5,9,12,14H2,1-3H3,(H,30,34). The second-order valence-electron chi connectivity index (χ2n) is 9.10. The molecule has 1 aromatic carbocycles. The van der Waals surface area contributed by atoms with Crippen molar-refractivity contribution in [1.82, 2.24) is 24.5 Å². The molecule has 3 aromatic heterocycles. The SMILES string of the molecule is Cc1nn2c(C(C)C)c(C(=O)NCc3cnc4n3CCCC4)ccc2c1-c1c(F)cccc1F. The van der Waals surface area contributed by atoms with Gasteiger partial charge in [-0.2, -0.15) is 5.10 Å². The molecule has 34 heavy (non-hydrogen) atoms. The topological polar surface area (TPSA) is 64.2 Å². The first-order valence-electron chi connectivity index (χ1n) is 11.6. The molecule has 0 fully saturated rings. The molecule has 176 valence electrons. The summed E-state index contributed by atoms with van der Waals surface area (Å²) in [5.74, 6) is -0.488. The van der Waals surface area contributed by atoms with E-state index in [0.29, 0.717) is 34.6 Å². The first kappa shape index (κ1) is 22.3. The lowest BCUT2D eigenvalue weighted by molar-refractivity contribution is 0.0947. The van der Waals surface area contributed by atoms with Gasteiger partial charge >= 0.3 is 0 Å². The zero-order chi connectivity index (χ0) is 24.0. The third-order valence-electron chi connectivity index (χ3n) is 6.50. The maximum Gasteiger partial charge on any atom is 0.253 e. The number of amides is 1. The molecule has 0 atom stereocenters. The largest absolute Gasteiger partial charge is 0.346 e. The zero-order valence-electron chi connectivity index (χ0n) is 19.5. The Bertz CT molecular complexity index is 1380. The van der Waals surface area contributed by atoms with Crippen LogP contribution in [0.3, 0.4) is 0 Å². The molecule has 1 aliphatic rings. The number of aryl methyl sites for hydroxylation is 2. The van der Waals surface area contributed by atoms with Gasteiger partial charge in [0.25, 0.3) is 5.91 Å². The Hall–Kier alpha value is -3.55. The Balaban J connectivity index is 1.53. The van der Waals surface area contributed by atoms with Crippen LogP contribution in [0.4, 0.5) is 8.78 Å². The highest BCUT2D eigenvalue weighted by atomic mass is 19.1. The van der Waals surface area contributed by atoms with Crippen molar-refractivity contribution in [3.8, 4) is 11.1 Å². The number of fused-ring (bicyclic) bond motifs is 2. The second kappa shape index (κ2) is 8.66. The number of carbonyl (C=O) groups excluding carboxylic acids is 1. The van der Waals surface area contributed by atoms with Crippen LogP contribution in [-0.4, -0.2) is 25.1 Å². The molecule has 0 bridgehead atoms. The van der Waals surface area contributed by atoms with E-state index < -0.39 is 11.6 Å². The number of rotatable bonds is 5. The van der Waals surface area contributed by atoms with E-state index in [-0.39, 0.29) is 17.4 Å². The average molecular weight is 464 g/mol. The lowest BCUT2D eigenvalue weighted by Crippen LogP contribution is -2.27. The third-order valence-corrected chi connectivity index (χ3v) is 6.50. The van der Waals surface area contributed by atoms with Crippen LogP contribution in [0.2, 0.25) is 0 Å². The van der Waals surface area contributed by atoms with Crippen LogP contribution >= 0.6 is 0 Å². The molecule has 8 heteroatoms. The molecule has 5 rings (SSSR count). The summed E-state index contributed by atoms with van der Waals surface area (Å²) < 4.78 is 33.0. The van der Waals surface area contributed by atoms with Crippen molar-refractivity contribution in [2.45, 2.75) is 59.0 Å². The molecule has 4 heterocycles. The molecule has 1 N–H and O–H groups in total. The summed E-state index contributed by atoms with van der Waals surface area (Å²) in [5, 5.41) is 7.61. The van der Waals surface area contributed by atoms with Crippen molar-refractivity contribution in [3.05, 3.63) is 76.6 Å². The van der Waals surface area contributed by atoms with Crippen LogP contribution in [0.15, 0.2) is 36.5 Å². The van der Waals surface area contributed by atoms with Gasteiger partial charge in [0.05, 0.1) is 46.5 Å². The lowest BCUT2D eigenvalue weighted by Gasteiger charge is -2.18. The van der Waals surface area contributed by atoms with Gasteiger partial charge in [0, 0.05) is 18.5 Å². The van der Waals surface area contributed by atoms with Crippen molar-refractivity contribution >= 4 is 11.4 Å². The van der Waals surface area contributed by atoms with Gasteiger partial charge in [-0.3, -0.25) is 4.79 Å². The number of imidazole rings is 1. The second-order valence-corrected chi connectivity index (χ2v) is 9.10. The smallest absolute Gasteiger partial charge is 0.253 e. The molecule has 0 aliphatic carbocycles. The normalized spacial score (nSPS) is 13.5. The zero-order valence-corrected chi connectivity index (χ0v) is 19.5. The highest BCUT2D eigenvalue weighted by molar-refractivity contribution is 5.96. The summed E-state index contributed by atoms with van der Waals surface area (Å²) in [5.41, 5.74) is 3.52. The van der Waals surface area contributed by atoms with Gasteiger partial charge in [-0.25, -0.2) is 18.3 Å². The predicted molar refractivity (Wildman–Crippen MR) is 126 cm³/mol. The Labute approximate surface area is 196 Å². The van der Waals surface area contributed by atoms with Crippen molar-refractivity contribution in [2.24, 2.45) is 0 Å². The molecule has 0 saturated heterocycles. The van der Waals surface area contributed by atoms with Gasteiger partial charge in [-0.05, 0) is 49.9 Å². The van der Waals surface area contributed by atoms with Crippen molar-refractivity contribution in [3.63, 3.8) is 0 Å². The predicted octanol–water partition coefficient (Wildman–Crippen LogP) is 5.17. The highest BCUT2D eigenvalue weighted by Crippen LogP contribution is 2.34. The summed E-state index contributed by atoms with van der Waals surface area (Å²) in [7, 11) is 0. The molecule has 0 saturated carbocycles. The maximum absolute atomic E-state index is 14.6. The number of halogens is 2. The fourth-order valence-electron chi connectivity index (χ4n) is 4.92. The van der Waals surface area contributed by atoms with E-state index in [1.807, 2.05) is 20.0 Å². The van der Waals surface area contributed by atoms with Crippen molar-refractivity contribution in [1.29, 1.82) is 0 Å². The molecular weight excluding hydrogens is 436 g/mol. The van der Waals surface area contributed by atoms with Gasteiger partial charge in [0.2, 0.25) is 0 Å². The van der Waals surface area contributed by atoms with E-state index >= 15 is 0 Å². The van der Waals surface area contributed by atoms with Crippen LogP contribution in [-0.2, 0) is 19.5 Å². The fraction of sp³-hybridized carbons (Fsp3) is 0.346. The highest BCUT2D eigenvalue weighted by Gasteiger charge is 2.24. The van der Waals surface area contributed by atoms with Gasteiger partial charge in [-0.1, -0.05) is 19.9 Å². The molecular formula is C26H27F2N5O. The molecule has 4 aromatic rings. The van der Waals surface area contributed by atoms with Crippen LogP contribution in [0.1, 0.15) is 65.9 Å².